The van der Waals surface area contributed by atoms with Gasteiger partial charge >= 0.3 is 0 Å². The highest BCUT2D eigenvalue weighted by Gasteiger charge is 2.21. The van der Waals surface area contributed by atoms with E-state index in [1.807, 2.05) is 23.1 Å². The number of amides is 1. The maximum Gasteiger partial charge on any atom is 0.227 e. The Hall–Kier alpha value is -2.07. The molecule has 2 aromatic rings. The van der Waals surface area contributed by atoms with Crippen LogP contribution < -0.4 is 10.2 Å². The average molecular weight is 270 g/mol. The van der Waals surface area contributed by atoms with E-state index in [1.165, 1.54) is 5.56 Å². The molecule has 1 aromatic heterocycles. The first-order chi connectivity index (χ1) is 9.83. The molecule has 20 heavy (non-hydrogen) atoms. The van der Waals surface area contributed by atoms with Gasteiger partial charge in [-0.2, -0.15) is 0 Å². The summed E-state index contributed by atoms with van der Waals surface area (Å²) in [6.45, 7) is 2.44. The van der Waals surface area contributed by atoms with Gasteiger partial charge in [0.2, 0.25) is 5.91 Å². The molecule has 104 valence electrons. The van der Waals surface area contributed by atoms with Crippen LogP contribution in [0.2, 0.25) is 0 Å². The molecule has 4 heteroatoms. The second kappa shape index (κ2) is 5.92. The minimum atomic E-state index is 0.232. The van der Waals surface area contributed by atoms with Crippen molar-refractivity contribution in [2.45, 2.75) is 25.9 Å². The minimum absolute atomic E-state index is 0.232. The summed E-state index contributed by atoms with van der Waals surface area (Å²) in [4.78, 5) is 13.5. The summed E-state index contributed by atoms with van der Waals surface area (Å²) in [5.74, 6) is 0.232. The Kier molecular flexibility index (Phi) is 3.83. The van der Waals surface area contributed by atoms with E-state index in [0.29, 0.717) is 6.42 Å². The Morgan fingerprint density at radius 1 is 1.10 bits per heavy atom. The van der Waals surface area contributed by atoms with Gasteiger partial charge in [-0.25, -0.2) is 0 Å². The molecule has 1 fully saturated rings. The fourth-order valence-corrected chi connectivity index (χ4v) is 2.46. The molecular weight excluding hydrogens is 252 g/mol. The van der Waals surface area contributed by atoms with Crippen LogP contribution in [0.1, 0.15) is 24.0 Å². The molecule has 1 aromatic carbocycles. The zero-order chi connectivity index (χ0) is 13.8. The summed E-state index contributed by atoms with van der Waals surface area (Å²) in [6, 6.07) is 10.2. The maximum absolute atomic E-state index is 11.7. The van der Waals surface area contributed by atoms with Crippen LogP contribution in [-0.4, -0.2) is 12.5 Å². The van der Waals surface area contributed by atoms with Gasteiger partial charge in [-0.15, -0.1) is 0 Å². The molecule has 0 unspecified atom stereocenters. The highest BCUT2D eigenvalue weighted by Crippen LogP contribution is 2.21. The fraction of sp³-hybridized carbons (Fsp3) is 0.312. The van der Waals surface area contributed by atoms with E-state index in [0.717, 1.165) is 37.3 Å². The van der Waals surface area contributed by atoms with Crippen LogP contribution >= 0.6 is 0 Å². The van der Waals surface area contributed by atoms with Crippen molar-refractivity contribution in [2.24, 2.45) is 0 Å². The summed E-state index contributed by atoms with van der Waals surface area (Å²) in [7, 11) is 0. The summed E-state index contributed by atoms with van der Waals surface area (Å²) in [6.07, 6.45) is 5.06. The molecule has 0 atom stereocenters. The van der Waals surface area contributed by atoms with E-state index >= 15 is 0 Å². The van der Waals surface area contributed by atoms with Gasteiger partial charge in [0, 0.05) is 37.3 Å². The summed E-state index contributed by atoms with van der Waals surface area (Å²) in [5.41, 5.74) is 3.36. The van der Waals surface area contributed by atoms with E-state index in [4.69, 9.17) is 4.42 Å². The van der Waals surface area contributed by atoms with Crippen LogP contribution in [0.3, 0.4) is 0 Å². The van der Waals surface area contributed by atoms with Gasteiger partial charge in [0.05, 0.1) is 12.5 Å². The lowest BCUT2D eigenvalue weighted by molar-refractivity contribution is -0.117. The van der Waals surface area contributed by atoms with Gasteiger partial charge in [0.1, 0.15) is 0 Å². The number of nitrogens with zero attached hydrogens (tertiary/aromatic N) is 1. The molecule has 0 radical (unpaired) electrons. The minimum Gasteiger partial charge on any atom is -0.472 e. The van der Waals surface area contributed by atoms with Crippen LogP contribution in [0.5, 0.6) is 0 Å². The van der Waals surface area contributed by atoms with E-state index in [1.54, 1.807) is 12.5 Å². The van der Waals surface area contributed by atoms with Crippen LogP contribution in [0.25, 0.3) is 0 Å². The molecule has 0 saturated carbocycles. The molecule has 1 saturated heterocycles. The Labute approximate surface area is 118 Å². The Bertz CT molecular complexity index is 561. The van der Waals surface area contributed by atoms with E-state index < -0.39 is 0 Å². The zero-order valence-electron chi connectivity index (χ0n) is 11.3. The Balaban J connectivity index is 1.54. The molecule has 1 aliphatic heterocycles. The van der Waals surface area contributed by atoms with Crippen molar-refractivity contribution in [3.8, 4) is 0 Å². The first-order valence-corrected chi connectivity index (χ1v) is 6.94. The van der Waals surface area contributed by atoms with Gasteiger partial charge in [0.15, 0.2) is 0 Å². The van der Waals surface area contributed by atoms with E-state index in [2.05, 4.69) is 17.4 Å². The van der Waals surface area contributed by atoms with Crippen molar-refractivity contribution in [2.75, 3.05) is 11.4 Å². The lowest BCUT2D eigenvalue weighted by Crippen LogP contribution is -2.23. The molecule has 4 nitrogen and oxygen atoms in total. The highest BCUT2D eigenvalue weighted by molar-refractivity contribution is 5.95. The second-order valence-electron chi connectivity index (χ2n) is 5.05. The van der Waals surface area contributed by atoms with Crippen molar-refractivity contribution in [1.29, 1.82) is 0 Å². The van der Waals surface area contributed by atoms with E-state index in [9.17, 15) is 4.79 Å². The molecule has 3 rings (SSSR count). The predicted molar refractivity (Wildman–Crippen MR) is 77.3 cm³/mol. The second-order valence-corrected chi connectivity index (χ2v) is 5.05. The quantitative estimate of drug-likeness (QED) is 0.908. The Morgan fingerprint density at radius 2 is 1.90 bits per heavy atom. The normalized spacial score (nSPS) is 15.0. The number of rotatable bonds is 5. The highest BCUT2D eigenvalue weighted by atomic mass is 16.3. The van der Waals surface area contributed by atoms with Crippen molar-refractivity contribution >= 4 is 11.6 Å². The number of anilines is 1. The fourth-order valence-electron chi connectivity index (χ4n) is 2.46. The topological polar surface area (TPSA) is 45.5 Å². The maximum atomic E-state index is 11.7. The molecule has 1 amide bonds. The largest absolute Gasteiger partial charge is 0.472 e. The Morgan fingerprint density at radius 3 is 2.55 bits per heavy atom. The number of furan rings is 1. The van der Waals surface area contributed by atoms with Crippen molar-refractivity contribution in [3.63, 3.8) is 0 Å². The third-order valence-electron chi connectivity index (χ3n) is 3.56. The predicted octanol–water partition coefficient (Wildman–Crippen LogP) is 2.70. The van der Waals surface area contributed by atoms with Crippen LogP contribution in [0, 0.1) is 0 Å². The number of benzene rings is 1. The standard InChI is InChI=1S/C16H18N2O2/c19-16-2-1-8-18(16)15-5-3-13(4-6-15)10-17-11-14-7-9-20-12-14/h3-7,9,12,17H,1-2,8,10-11H2. The number of hydrogen-bond acceptors (Lipinski definition) is 3. The molecular formula is C16H18N2O2. The van der Waals surface area contributed by atoms with Gasteiger partial charge in [0.25, 0.3) is 0 Å². The first kappa shape index (κ1) is 12.9. The van der Waals surface area contributed by atoms with Gasteiger partial charge in [-0.3, -0.25) is 4.79 Å². The van der Waals surface area contributed by atoms with Crippen LogP contribution in [0.15, 0.2) is 47.3 Å². The molecule has 0 bridgehead atoms. The number of nitrogens with one attached hydrogen (secondary N) is 1. The van der Waals surface area contributed by atoms with E-state index in [-0.39, 0.29) is 5.91 Å². The number of hydrogen-bond donors (Lipinski definition) is 1. The van der Waals surface area contributed by atoms with Crippen LogP contribution in [-0.2, 0) is 17.9 Å². The van der Waals surface area contributed by atoms with Crippen molar-refractivity contribution < 1.29 is 9.21 Å². The number of carbonyl (C=O) groups is 1. The lowest BCUT2D eigenvalue weighted by Gasteiger charge is -2.16. The summed E-state index contributed by atoms with van der Waals surface area (Å²) in [5, 5.41) is 3.36. The monoisotopic (exact) mass is 270 g/mol. The molecule has 1 aliphatic rings. The zero-order valence-corrected chi connectivity index (χ0v) is 11.3. The lowest BCUT2D eigenvalue weighted by atomic mass is 10.2. The first-order valence-electron chi connectivity index (χ1n) is 6.94. The summed E-state index contributed by atoms with van der Waals surface area (Å²) >= 11 is 0. The van der Waals surface area contributed by atoms with Crippen molar-refractivity contribution in [3.05, 3.63) is 54.0 Å². The average Bonchev–Trinajstić information content (AvgIpc) is 3.11. The molecule has 0 aliphatic carbocycles. The third-order valence-corrected chi connectivity index (χ3v) is 3.56. The SMILES string of the molecule is O=C1CCCN1c1ccc(CNCc2ccoc2)cc1. The van der Waals surface area contributed by atoms with Gasteiger partial charge in [-0.1, -0.05) is 12.1 Å². The van der Waals surface area contributed by atoms with Crippen LogP contribution in [0.4, 0.5) is 5.69 Å². The number of carbonyl (C=O) groups excluding carboxylic acids is 1. The summed E-state index contributed by atoms with van der Waals surface area (Å²) < 4.78 is 5.02. The molecule has 1 N–H and O–H groups in total. The molecule has 2 heterocycles. The van der Waals surface area contributed by atoms with Gasteiger partial charge < -0.3 is 14.6 Å². The molecule has 0 spiro atoms. The smallest absolute Gasteiger partial charge is 0.227 e. The third kappa shape index (κ3) is 2.91. The van der Waals surface area contributed by atoms with Crippen molar-refractivity contribution in [1.82, 2.24) is 5.32 Å². The van der Waals surface area contributed by atoms with Gasteiger partial charge in [-0.05, 0) is 30.2 Å².